The summed E-state index contributed by atoms with van der Waals surface area (Å²) in [7, 11) is 1.98. The molecule has 0 aliphatic rings. The summed E-state index contributed by atoms with van der Waals surface area (Å²) < 4.78 is 0. The summed E-state index contributed by atoms with van der Waals surface area (Å²) >= 11 is 9.41. The number of hydrogen-bond donors (Lipinski definition) is 0. The molecule has 0 aliphatic heterocycles. The van der Waals surface area contributed by atoms with Crippen LogP contribution in [0.4, 0.5) is 5.95 Å². The summed E-state index contributed by atoms with van der Waals surface area (Å²) in [4.78, 5) is 10.8. The molecule has 0 fully saturated rings. The number of anilines is 1. The van der Waals surface area contributed by atoms with Crippen molar-refractivity contribution >= 4 is 33.5 Å². The smallest absolute Gasteiger partial charge is 0.225 e. The lowest BCUT2D eigenvalue weighted by Gasteiger charge is -2.25. The normalized spacial score (nSPS) is 12.2. The zero-order chi connectivity index (χ0) is 13.8. The van der Waals surface area contributed by atoms with Crippen molar-refractivity contribution in [2.75, 3.05) is 11.9 Å². The minimum atomic E-state index is 0.161. The maximum absolute atomic E-state index is 6.02. The third kappa shape index (κ3) is 3.45. The van der Waals surface area contributed by atoms with Gasteiger partial charge in [-0.2, -0.15) is 0 Å². The Morgan fingerprint density at radius 1 is 1.32 bits per heavy atom. The van der Waals surface area contributed by atoms with Crippen LogP contribution in [0.3, 0.4) is 0 Å². The summed E-state index contributed by atoms with van der Waals surface area (Å²) in [6, 6.07) is 8.01. The molecule has 2 rings (SSSR count). The van der Waals surface area contributed by atoms with Crippen molar-refractivity contribution in [3.05, 3.63) is 52.8 Å². The highest BCUT2D eigenvalue weighted by Crippen LogP contribution is 2.24. The quantitative estimate of drug-likeness (QED) is 0.780. The third-order valence-electron chi connectivity index (χ3n) is 3.07. The van der Waals surface area contributed by atoms with Crippen LogP contribution in [0.15, 0.2) is 36.7 Å². The highest BCUT2D eigenvalue weighted by atomic mass is 79.9. The van der Waals surface area contributed by atoms with Gasteiger partial charge in [0, 0.05) is 29.8 Å². The van der Waals surface area contributed by atoms with E-state index in [0.717, 1.165) is 21.5 Å². The molecule has 1 aromatic heterocycles. The van der Waals surface area contributed by atoms with E-state index in [4.69, 9.17) is 11.6 Å². The second-order valence-electron chi connectivity index (χ2n) is 4.37. The molecule has 5 heteroatoms. The maximum atomic E-state index is 6.02. The van der Waals surface area contributed by atoms with Gasteiger partial charge in [-0.1, -0.05) is 39.7 Å². The van der Waals surface area contributed by atoms with Crippen LogP contribution in [0.1, 0.15) is 24.1 Å². The molecule has 1 aromatic carbocycles. The number of alkyl halides is 1. The SMILES string of the molecule is CC(c1cccc(Cl)c1)N(C)c1ncc(CBr)cn1. The van der Waals surface area contributed by atoms with Gasteiger partial charge < -0.3 is 4.90 Å². The summed E-state index contributed by atoms with van der Waals surface area (Å²) in [5.74, 6) is 0.706. The van der Waals surface area contributed by atoms with Gasteiger partial charge in [0.1, 0.15) is 0 Å². The van der Waals surface area contributed by atoms with Gasteiger partial charge in [0.25, 0.3) is 0 Å². The Morgan fingerprint density at radius 3 is 2.58 bits per heavy atom. The van der Waals surface area contributed by atoms with E-state index in [-0.39, 0.29) is 6.04 Å². The Hall–Kier alpha value is -1.13. The standard InChI is InChI=1S/C14H15BrClN3/c1-10(12-4-3-5-13(16)6-12)19(2)14-17-8-11(7-15)9-18-14/h3-6,8-10H,7H2,1-2H3. The number of rotatable bonds is 4. The Labute approximate surface area is 126 Å². The zero-order valence-electron chi connectivity index (χ0n) is 10.8. The molecule has 1 heterocycles. The van der Waals surface area contributed by atoms with Gasteiger partial charge in [0.2, 0.25) is 5.95 Å². The number of nitrogens with zero attached hydrogens (tertiary/aromatic N) is 3. The van der Waals surface area contributed by atoms with E-state index in [1.807, 2.05) is 42.5 Å². The van der Waals surface area contributed by atoms with Crippen LogP contribution < -0.4 is 4.90 Å². The van der Waals surface area contributed by atoms with Gasteiger partial charge >= 0.3 is 0 Å². The molecule has 0 radical (unpaired) electrons. The van der Waals surface area contributed by atoms with E-state index >= 15 is 0 Å². The Morgan fingerprint density at radius 2 is 2.00 bits per heavy atom. The van der Waals surface area contributed by atoms with Crippen molar-refractivity contribution in [3.63, 3.8) is 0 Å². The van der Waals surface area contributed by atoms with E-state index in [9.17, 15) is 0 Å². The number of hydrogen-bond acceptors (Lipinski definition) is 3. The van der Waals surface area contributed by atoms with Crippen LogP contribution in [-0.2, 0) is 5.33 Å². The van der Waals surface area contributed by atoms with Crippen LogP contribution in [0, 0.1) is 0 Å². The number of benzene rings is 1. The maximum Gasteiger partial charge on any atom is 0.225 e. The molecular weight excluding hydrogens is 326 g/mol. The molecule has 0 amide bonds. The fraction of sp³-hybridized carbons (Fsp3) is 0.286. The molecule has 0 spiro atoms. The first-order valence-corrected chi connectivity index (χ1v) is 7.47. The van der Waals surface area contributed by atoms with Gasteiger partial charge in [-0.25, -0.2) is 9.97 Å². The first kappa shape index (κ1) is 14.3. The largest absolute Gasteiger partial charge is 0.337 e. The minimum absolute atomic E-state index is 0.161. The highest BCUT2D eigenvalue weighted by Gasteiger charge is 2.14. The Kier molecular flexibility index (Phi) is 4.77. The monoisotopic (exact) mass is 339 g/mol. The second kappa shape index (κ2) is 6.35. The molecular formula is C14H15BrClN3. The van der Waals surface area contributed by atoms with E-state index in [1.54, 1.807) is 0 Å². The molecule has 1 unspecified atom stereocenters. The summed E-state index contributed by atoms with van der Waals surface area (Å²) in [6.45, 7) is 2.10. The fourth-order valence-electron chi connectivity index (χ4n) is 1.76. The second-order valence-corrected chi connectivity index (χ2v) is 5.36. The zero-order valence-corrected chi connectivity index (χ0v) is 13.2. The predicted octanol–water partition coefficient (Wildman–Crippen LogP) is 4.22. The first-order valence-electron chi connectivity index (χ1n) is 5.97. The van der Waals surface area contributed by atoms with Crippen molar-refractivity contribution in [3.8, 4) is 0 Å². The van der Waals surface area contributed by atoms with Crippen LogP contribution in [0.2, 0.25) is 5.02 Å². The average molecular weight is 341 g/mol. The number of aromatic nitrogens is 2. The molecule has 0 N–H and O–H groups in total. The topological polar surface area (TPSA) is 29.0 Å². The average Bonchev–Trinajstić information content (AvgIpc) is 2.46. The lowest BCUT2D eigenvalue weighted by atomic mass is 10.1. The van der Waals surface area contributed by atoms with Gasteiger partial charge in [-0.05, 0) is 30.2 Å². The summed E-state index contributed by atoms with van der Waals surface area (Å²) in [6.07, 6.45) is 3.66. The van der Waals surface area contributed by atoms with Crippen molar-refractivity contribution < 1.29 is 0 Å². The molecule has 3 nitrogen and oxygen atoms in total. The van der Waals surface area contributed by atoms with Gasteiger partial charge in [-0.15, -0.1) is 0 Å². The molecule has 0 aliphatic carbocycles. The Balaban J connectivity index is 2.20. The van der Waals surface area contributed by atoms with Crippen molar-refractivity contribution in [1.29, 1.82) is 0 Å². The van der Waals surface area contributed by atoms with E-state index in [2.05, 4.69) is 38.9 Å². The van der Waals surface area contributed by atoms with Crippen molar-refractivity contribution in [1.82, 2.24) is 9.97 Å². The van der Waals surface area contributed by atoms with Crippen molar-refractivity contribution in [2.45, 2.75) is 18.3 Å². The van der Waals surface area contributed by atoms with Crippen LogP contribution in [-0.4, -0.2) is 17.0 Å². The van der Waals surface area contributed by atoms with Crippen LogP contribution in [0.25, 0.3) is 0 Å². The number of halogens is 2. The molecule has 19 heavy (non-hydrogen) atoms. The first-order chi connectivity index (χ1) is 9.11. The molecule has 2 aromatic rings. The molecule has 1 atom stereocenters. The lowest BCUT2D eigenvalue weighted by Crippen LogP contribution is -2.23. The van der Waals surface area contributed by atoms with Crippen molar-refractivity contribution in [2.24, 2.45) is 0 Å². The summed E-state index contributed by atoms with van der Waals surface area (Å²) in [5.41, 5.74) is 2.20. The van der Waals surface area contributed by atoms with Crippen LogP contribution in [0.5, 0.6) is 0 Å². The van der Waals surface area contributed by atoms with Gasteiger partial charge in [-0.3, -0.25) is 0 Å². The molecule has 0 saturated carbocycles. The van der Waals surface area contributed by atoms with E-state index in [1.165, 1.54) is 0 Å². The van der Waals surface area contributed by atoms with E-state index in [0.29, 0.717) is 5.95 Å². The lowest BCUT2D eigenvalue weighted by molar-refractivity contribution is 0.714. The van der Waals surface area contributed by atoms with Crippen LogP contribution >= 0.6 is 27.5 Å². The summed E-state index contributed by atoms with van der Waals surface area (Å²) in [5, 5.41) is 1.51. The molecule has 0 saturated heterocycles. The minimum Gasteiger partial charge on any atom is -0.337 e. The van der Waals surface area contributed by atoms with Gasteiger partial charge in [0.15, 0.2) is 0 Å². The molecule has 0 bridgehead atoms. The third-order valence-corrected chi connectivity index (χ3v) is 3.96. The van der Waals surface area contributed by atoms with Gasteiger partial charge in [0.05, 0.1) is 6.04 Å². The van der Waals surface area contributed by atoms with E-state index < -0.39 is 0 Å². The fourth-order valence-corrected chi connectivity index (χ4v) is 2.25. The molecule has 100 valence electrons. The highest BCUT2D eigenvalue weighted by molar-refractivity contribution is 9.08. The Bertz CT molecular complexity index is 545. The predicted molar refractivity (Wildman–Crippen MR) is 82.9 cm³/mol.